The van der Waals surface area contributed by atoms with Gasteiger partial charge in [-0.2, -0.15) is 0 Å². The Hall–Kier alpha value is -3.67. The number of piperidine rings is 1. The van der Waals surface area contributed by atoms with Crippen molar-refractivity contribution in [3.8, 4) is 0 Å². The van der Waals surface area contributed by atoms with E-state index < -0.39 is 0 Å². The van der Waals surface area contributed by atoms with E-state index in [1.54, 1.807) is 12.1 Å². The van der Waals surface area contributed by atoms with Crippen molar-refractivity contribution in [1.29, 1.82) is 0 Å². The third-order valence-electron chi connectivity index (χ3n) is 6.43. The molecule has 3 atom stereocenters. The van der Waals surface area contributed by atoms with E-state index in [0.717, 1.165) is 28.8 Å². The second-order valence-corrected chi connectivity index (χ2v) is 8.21. The molecule has 0 spiro atoms. The molecule has 3 aromatic rings. The zero-order valence-corrected chi connectivity index (χ0v) is 17.0. The summed E-state index contributed by atoms with van der Waals surface area (Å²) in [6, 6.07) is 25.0. The quantitative estimate of drug-likeness (QED) is 0.469. The van der Waals surface area contributed by atoms with Crippen molar-refractivity contribution in [2.45, 2.75) is 31.5 Å². The first-order valence-corrected chi connectivity index (χ1v) is 10.5. The molecule has 2 aliphatic rings. The second-order valence-electron chi connectivity index (χ2n) is 8.21. The van der Waals surface area contributed by atoms with Gasteiger partial charge in [0.2, 0.25) is 5.91 Å². The number of nitro groups is 1. The minimum absolute atomic E-state index is 0.0212. The van der Waals surface area contributed by atoms with E-state index in [9.17, 15) is 14.9 Å². The third kappa shape index (κ3) is 3.54. The van der Waals surface area contributed by atoms with Crippen molar-refractivity contribution >= 4 is 17.3 Å². The van der Waals surface area contributed by atoms with Crippen molar-refractivity contribution < 1.29 is 9.72 Å². The number of hydrogen-bond acceptors (Lipinski definition) is 4. The number of likely N-dealkylation sites (tertiary alicyclic amines) is 1. The average Bonchev–Trinajstić information content (AvgIpc) is 2.81. The summed E-state index contributed by atoms with van der Waals surface area (Å²) in [4.78, 5) is 25.8. The van der Waals surface area contributed by atoms with Gasteiger partial charge < -0.3 is 10.2 Å². The van der Waals surface area contributed by atoms with Crippen LogP contribution in [0.1, 0.15) is 41.6 Å². The fourth-order valence-corrected chi connectivity index (χ4v) is 4.99. The SMILES string of the molecule is O=C1CC[C@@H]2[C@@H](c3ccccc3N[C@H]2c2ccc([N+](=O)[O-])cc2)N1Cc1ccccc1. The zero-order valence-electron chi connectivity index (χ0n) is 17.0. The fourth-order valence-electron chi connectivity index (χ4n) is 4.99. The van der Waals surface area contributed by atoms with E-state index in [1.165, 1.54) is 0 Å². The van der Waals surface area contributed by atoms with Gasteiger partial charge in [-0.05, 0) is 29.2 Å². The van der Waals surface area contributed by atoms with Crippen LogP contribution in [0.3, 0.4) is 0 Å². The van der Waals surface area contributed by atoms with Crippen LogP contribution in [0.2, 0.25) is 0 Å². The summed E-state index contributed by atoms with van der Waals surface area (Å²) >= 11 is 0. The first-order valence-electron chi connectivity index (χ1n) is 10.5. The van der Waals surface area contributed by atoms with E-state index in [1.807, 2.05) is 53.4 Å². The van der Waals surface area contributed by atoms with Crippen LogP contribution in [-0.4, -0.2) is 15.7 Å². The van der Waals surface area contributed by atoms with E-state index in [4.69, 9.17) is 0 Å². The zero-order chi connectivity index (χ0) is 21.4. The number of amides is 1. The highest BCUT2D eigenvalue weighted by Gasteiger charge is 2.45. The number of carbonyl (C=O) groups is 1. The number of anilines is 1. The lowest BCUT2D eigenvalue weighted by atomic mass is 9.74. The number of para-hydroxylation sites is 1. The van der Waals surface area contributed by atoms with Crippen molar-refractivity contribution in [3.63, 3.8) is 0 Å². The smallest absolute Gasteiger partial charge is 0.269 e. The second kappa shape index (κ2) is 7.87. The molecular weight excluding hydrogens is 390 g/mol. The van der Waals surface area contributed by atoms with Crippen molar-refractivity contribution in [3.05, 3.63) is 106 Å². The number of non-ortho nitro benzene ring substituents is 1. The maximum Gasteiger partial charge on any atom is 0.269 e. The number of nitro benzene ring substituents is 1. The molecule has 0 aliphatic carbocycles. The summed E-state index contributed by atoms with van der Waals surface area (Å²) < 4.78 is 0. The third-order valence-corrected chi connectivity index (χ3v) is 6.43. The molecule has 6 nitrogen and oxygen atoms in total. The van der Waals surface area contributed by atoms with Gasteiger partial charge in [0, 0.05) is 36.7 Å². The fraction of sp³-hybridized carbons (Fsp3) is 0.240. The van der Waals surface area contributed by atoms with Crippen LogP contribution in [-0.2, 0) is 11.3 Å². The van der Waals surface area contributed by atoms with Gasteiger partial charge in [-0.1, -0.05) is 60.7 Å². The molecule has 1 amide bonds. The van der Waals surface area contributed by atoms with E-state index >= 15 is 0 Å². The Labute approximate surface area is 180 Å². The number of carbonyl (C=O) groups excluding carboxylic acids is 1. The van der Waals surface area contributed by atoms with Crippen LogP contribution in [0.5, 0.6) is 0 Å². The van der Waals surface area contributed by atoms with Gasteiger partial charge in [-0.15, -0.1) is 0 Å². The summed E-state index contributed by atoms with van der Waals surface area (Å²) in [5.41, 5.74) is 4.35. The summed E-state index contributed by atoms with van der Waals surface area (Å²) in [6.45, 7) is 0.572. The van der Waals surface area contributed by atoms with Crippen molar-refractivity contribution in [2.24, 2.45) is 5.92 Å². The van der Waals surface area contributed by atoms with Gasteiger partial charge >= 0.3 is 0 Å². The molecule has 3 aromatic carbocycles. The van der Waals surface area contributed by atoms with Crippen molar-refractivity contribution in [2.75, 3.05) is 5.32 Å². The highest BCUT2D eigenvalue weighted by molar-refractivity contribution is 5.79. The molecule has 1 fully saturated rings. The van der Waals surface area contributed by atoms with Crippen LogP contribution in [0, 0.1) is 16.0 Å². The summed E-state index contributed by atoms with van der Waals surface area (Å²) in [5, 5.41) is 14.7. The Balaban J connectivity index is 1.55. The minimum Gasteiger partial charge on any atom is -0.378 e. The molecule has 0 bridgehead atoms. The van der Waals surface area contributed by atoms with Gasteiger partial charge in [0.15, 0.2) is 0 Å². The molecule has 0 saturated carbocycles. The molecule has 31 heavy (non-hydrogen) atoms. The van der Waals surface area contributed by atoms with Gasteiger partial charge in [-0.3, -0.25) is 14.9 Å². The van der Waals surface area contributed by atoms with Gasteiger partial charge in [0.1, 0.15) is 0 Å². The number of nitrogens with zero attached hydrogens (tertiary/aromatic N) is 2. The lowest BCUT2D eigenvalue weighted by Gasteiger charge is -2.49. The first-order chi connectivity index (χ1) is 15.1. The summed E-state index contributed by atoms with van der Waals surface area (Å²) in [7, 11) is 0. The number of rotatable bonds is 4. The van der Waals surface area contributed by atoms with Gasteiger partial charge in [0.05, 0.1) is 17.0 Å². The predicted octanol–water partition coefficient (Wildman–Crippen LogP) is 5.24. The Morgan fingerprint density at radius 3 is 2.42 bits per heavy atom. The number of nitrogens with one attached hydrogen (secondary N) is 1. The van der Waals surface area contributed by atoms with Crippen LogP contribution in [0.25, 0.3) is 0 Å². The Morgan fingerprint density at radius 1 is 0.968 bits per heavy atom. The number of fused-ring (bicyclic) bond motifs is 3. The molecule has 0 unspecified atom stereocenters. The molecule has 5 rings (SSSR count). The molecule has 0 radical (unpaired) electrons. The molecule has 2 heterocycles. The van der Waals surface area contributed by atoms with Gasteiger partial charge in [0.25, 0.3) is 5.69 Å². The maximum atomic E-state index is 13.1. The van der Waals surface area contributed by atoms with Crippen LogP contribution in [0.4, 0.5) is 11.4 Å². The number of hydrogen-bond donors (Lipinski definition) is 1. The maximum absolute atomic E-state index is 13.1. The standard InChI is InChI=1S/C25H23N3O3/c29-23-15-14-21-24(18-10-12-19(13-11-18)28(30)31)26-22-9-5-4-8-20(22)25(21)27(23)16-17-6-2-1-3-7-17/h1-13,21,24-26H,14-16H2/t21-,24-,25+/m0/s1. The normalized spacial score (nSPS) is 22.3. The monoisotopic (exact) mass is 413 g/mol. The van der Waals surface area contributed by atoms with E-state index in [2.05, 4.69) is 23.5 Å². The lowest BCUT2D eigenvalue weighted by molar-refractivity contribution is -0.384. The first kappa shape index (κ1) is 19.3. The molecule has 1 saturated heterocycles. The molecular formula is C25H23N3O3. The molecule has 1 N–H and O–H groups in total. The van der Waals surface area contributed by atoms with Crippen molar-refractivity contribution in [1.82, 2.24) is 4.90 Å². The molecule has 156 valence electrons. The predicted molar refractivity (Wildman–Crippen MR) is 118 cm³/mol. The summed E-state index contributed by atoms with van der Waals surface area (Å²) in [6.07, 6.45) is 1.28. The minimum atomic E-state index is -0.378. The Bertz CT molecular complexity index is 1110. The lowest BCUT2D eigenvalue weighted by Crippen LogP contribution is -2.47. The van der Waals surface area contributed by atoms with Gasteiger partial charge in [-0.25, -0.2) is 0 Å². The highest BCUT2D eigenvalue weighted by Crippen LogP contribution is 2.50. The summed E-state index contributed by atoms with van der Waals surface area (Å²) in [5.74, 6) is 0.349. The highest BCUT2D eigenvalue weighted by atomic mass is 16.6. The molecule has 0 aromatic heterocycles. The average molecular weight is 413 g/mol. The van der Waals surface area contributed by atoms with E-state index in [0.29, 0.717) is 13.0 Å². The van der Waals surface area contributed by atoms with Crippen LogP contribution < -0.4 is 5.32 Å². The Morgan fingerprint density at radius 2 is 1.68 bits per heavy atom. The van der Waals surface area contributed by atoms with E-state index in [-0.39, 0.29) is 34.5 Å². The molecule has 6 heteroatoms. The largest absolute Gasteiger partial charge is 0.378 e. The van der Waals surface area contributed by atoms with Crippen LogP contribution >= 0.6 is 0 Å². The Kier molecular flexibility index (Phi) is 4.90. The topological polar surface area (TPSA) is 75.5 Å². The number of benzene rings is 3. The molecule has 2 aliphatic heterocycles. The van der Waals surface area contributed by atoms with Crippen LogP contribution in [0.15, 0.2) is 78.9 Å².